The first kappa shape index (κ1) is 35.7. The highest BCUT2D eigenvalue weighted by molar-refractivity contribution is 6.77. The van der Waals surface area contributed by atoms with Crippen LogP contribution < -0.4 is 9.47 Å². The van der Waals surface area contributed by atoms with Crippen LogP contribution in [0.25, 0.3) is 17.1 Å². The van der Waals surface area contributed by atoms with Gasteiger partial charge < -0.3 is 23.2 Å². The number of hydrogen-bond donors (Lipinski definition) is 0. The summed E-state index contributed by atoms with van der Waals surface area (Å²) in [5.41, 5.74) is 5.14. The predicted molar refractivity (Wildman–Crippen MR) is 192 cm³/mol. The van der Waals surface area contributed by atoms with E-state index in [1.54, 1.807) is 19.4 Å². The number of ether oxygens (including phenoxy) is 3. The normalized spacial score (nSPS) is 12.0. The van der Waals surface area contributed by atoms with Crippen molar-refractivity contribution in [1.82, 2.24) is 29.3 Å². The molecule has 0 saturated heterocycles. The van der Waals surface area contributed by atoms with Crippen molar-refractivity contribution in [2.45, 2.75) is 84.7 Å². The summed E-state index contributed by atoms with van der Waals surface area (Å²) in [4.78, 5) is 26.3. The minimum atomic E-state index is -1.87. The van der Waals surface area contributed by atoms with Gasteiger partial charge in [0.05, 0.1) is 37.8 Å². The van der Waals surface area contributed by atoms with Crippen LogP contribution in [-0.4, -0.2) is 63.4 Å². The molecule has 0 aliphatic carbocycles. The number of nitrogens with zero attached hydrogens (tertiary/aromatic N) is 6. The third-order valence-electron chi connectivity index (χ3n) is 8.83. The third kappa shape index (κ3) is 8.37. The molecule has 0 radical (unpaired) electrons. The molecule has 49 heavy (non-hydrogen) atoms. The maximum Gasteiger partial charge on any atom is 0.341 e. The lowest BCUT2D eigenvalue weighted by molar-refractivity contribution is 0.0526. The SMILES string of the molecule is CCOC(=O)c1cnn(-c2nc(OCc3ccccc3)c3ncn(Cc4ccc(OCCCO[Si](C(C)C)(C(C)C)C(C)C)cc4)c3n2)c1. The van der Waals surface area contributed by atoms with Gasteiger partial charge in [-0.3, -0.25) is 0 Å². The number of rotatable bonds is 17. The minimum Gasteiger partial charge on any atom is -0.494 e. The molecule has 3 heterocycles. The Morgan fingerprint density at radius 3 is 2.24 bits per heavy atom. The van der Waals surface area contributed by atoms with Gasteiger partial charge in [0.25, 0.3) is 5.95 Å². The molecule has 0 amide bonds. The van der Waals surface area contributed by atoms with Crippen LogP contribution in [0, 0.1) is 0 Å². The van der Waals surface area contributed by atoms with E-state index in [9.17, 15) is 4.79 Å². The van der Waals surface area contributed by atoms with Crippen molar-refractivity contribution in [2.24, 2.45) is 0 Å². The summed E-state index contributed by atoms with van der Waals surface area (Å²) in [6.45, 7) is 18.0. The van der Waals surface area contributed by atoms with Gasteiger partial charge in [-0.15, -0.1) is 0 Å². The van der Waals surface area contributed by atoms with E-state index in [0.29, 0.717) is 59.0 Å². The van der Waals surface area contributed by atoms with Gasteiger partial charge >= 0.3 is 5.97 Å². The largest absolute Gasteiger partial charge is 0.494 e. The summed E-state index contributed by atoms with van der Waals surface area (Å²) < 4.78 is 27.4. The van der Waals surface area contributed by atoms with E-state index in [0.717, 1.165) is 29.9 Å². The molecule has 0 aliphatic rings. The maximum atomic E-state index is 12.3. The minimum absolute atomic E-state index is 0.246. The van der Waals surface area contributed by atoms with Crippen LogP contribution in [0.4, 0.5) is 0 Å². The number of benzene rings is 2. The highest BCUT2D eigenvalue weighted by Crippen LogP contribution is 2.42. The first-order valence-electron chi connectivity index (χ1n) is 17.1. The molecule has 0 saturated carbocycles. The second-order valence-corrected chi connectivity index (χ2v) is 18.5. The lowest BCUT2D eigenvalue weighted by Gasteiger charge is -2.42. The molecule has 5 aromatic rings. The Kier molecular flexibility index (Phi) is 11.8. The van der Waals surface area contributed by atoms with Crippen LogP contribution in [0.15, 0.2) is 73.3 Å². The average Bonchev–Trinajstić information content (AvgIpc) is 3.74. The highest BCUT2D eigenvalue weighted by Gasteiger charge is 2.44. The summed E-state index contributed by atoms with van der Waals surface area (Å²) in [5, 5.41) is 4.32. The molecule has 0 N–H and O–H groups in total. The Labute approximate surface area is 289 Å². The van der Waals surface area contributed by atoms with Gasteiger partial charge in [-0.05, 0) is 46.8 Å². The summed E-state index contributed by atoms with van der Waals surface area (Å²) in [7, 11) is -1.87. The molecule has 0 unspecified atom stereocenters. The van der Waals surface area contributed by atoms with Gasteiger partial charge in [0.15, 0.2) is 19.5 Å². The van der Waals surface area contributed by atoms with Gasteiger partial charge in [0.2, 0.25) is 5.88 Å². The van der Waals surface area contributed by atoms with Gasteiger partial charge in [-0.25, -0.2) is 14.5 Å². The van der Waals surface area contributed by atoms with Gasteiger partial charge in [-0.2, -0.15) is 15.1 Å². The van der Waals surface area contributed by atoms with E-state index in [4.69, 9.17) is 23.6 Å². The Morgan fingerprint density at radius 1 is 0.857 bits per heavy atom. The number of carbonyl (C=O) groups is 1. The Hall–Kier alpha value is -4.55. The fourth-order valence-electron chi connectivity index (χ4n) is 6.59. The van der Waals surface area contributed by atoms with Crippen molar-refractivity contribution in [3.8, 4) is 17.6 Å². The van der Waals surface area contributed by atoms with Crippen molar-refractivity contribution in [2.75, 3.05) is 19.8 Å². The van der Waals surface area contributed by atoms with Crippen LogP contribution in [0.1, 0.15) is 76.4 Å². The number of hydrogen-bond acceptors (Lipinski definition) is 9. The summed E-state index contributed by atoms with van der Waals surface area (Å²) in [5.74, 6) is 0.916. The lowest BCUT2D eigenvalue weighted by atomic mass is 10.2. The average molecular weight is 685 g/mol. The molecule has 0 bridgehead atoms. The molecule has 0 fully saturated rings. The van der Waals surface area contributed by atoms with E-state index in [1.807, 2.05) is 59.2 Å². The van der Waals surface area contributed by atoms with Crippen molar-refractivity contribution in [3.63, 3.8) is 0 Å². The predicted octanol–water partition coefficient (Wildman–Crippen LogP) is 7.78. The molecular weight excluding hydrogens is 637 g/mol. The first-order chi connectivity index (χ1) is 23.6. The number of esters is 1. The Balaban J connectivity index is 1.29. The van der Waals surface area contributed by atoms with Crippen LogP contribution in [0.2, 0.25) is 16.6 Å². The van der Waals surface area contributed by atoms with E-state index in [2.05, 4.69) is 56.6 Å². The van der Waals surface area contributed by atoms with E-state index >= 15 is 0 Å². The van der Waals surface area contributed by atoms with Gasteiger partial charge in [0, 0.05) is 19.2 Å². The summed E-state index contributed by atoms with van der Waals surface area (Å²) in [6.07, 6.45) is 5.55. The zero-order valence-electron chi connectivity index (χ0n) is 29.6. The molecule has 11 nitrogen and oxygen atoms in total. The number of aromatic nitrogens is 6. The second kappa shape index (κ2) is 16.2. The quantitative estimate of drug-likeness (QED) is 0.0550. The standard InChI is InChI=1S/C37H48N6O5Si/c1-8-45-36(44)31-21-39-43(23-31)37-40-34-33(35(41-37)47-24-30-13-10-9-11-14-30)38-25-42(34)22-29-15-17-32(18-16-29)46-19-12-20-48-49(26(2)3,27(4)5)28(6)7/h9-11,13-18,21,23,25-28H,8,12,19-20,22,24H2,1-7H3. The maximum absolute atomic E-state index is 12.3. The zero-order valence-corrected chi connectivity index (χ0v) is 30.6. The molecule has 0 atom stereocenters. The Bertz CT molecular complexity index is 1780. The molecule has 2 aromatic carbocycles. The molecule has 0 aliphatic heterocycles. The van der Waals surface area contributed by atoms with Crippen LogP contribution >= 0.6 is 0 Å². The fraction of sp³-hybridized carbons (Fsp3) is 0.432. The summed E-state index contributed by atoms with van der Waals surface area (Å²) >= 11 is 0. The first-order valence-corrected chi connectivity index (χ1v) is 19.2. The molecule has 3 aromatic heterocycles. The van der Waals surface area contributed by atoms with E-state index < -0.39 is 14.3 Å². The summed E-state index contributed by atoms with van der Waals surface area (Å²) in [6, 6.07) is 17.9. The molecule has 12 heteroatoms. The molecule has 5 rings (SSSR count). The smallest absolute Gasteiger partial charge is 0.341 e. The van der Waals surface area contributed by atoms with Crippen LogP contribution in [0.5, 0.6) is 11.6 Å². The van der Waals surface area contributed by atoms with Crippen molar-refractivity contribution in [1.29, 1.82) is 0 Å². The number of imidazole rings is 1. The Morgan fingerprint density at radius 2 is 1.57 bits per heavy atom. The van der Waals surface area contributed by atoms with Crippen molar-refractivity contribution < 1.29 is 23.4 Å². The lowest BCUT2D eigenvalue weighted by Crippen LogP contribution is -2.48. The number of carbonyl (C=O) groups excluding carboxylic acids is 1. The molecule has 260 valence electrons. The zero-order chi connectivity index (χ0) is 35.0. The third-order valence-corrected chi connectivity index (χ3v) is 14.9. The van der Waals surface area contributed by atoms with Crippen molar-refractivity contribution in [3.05, 3.63) is 90.0 Å². The molecular formula is C37H48N6O5Si. The highest BCUT2D eigenvalue weighted by atomic mass is 28.4. The van der Waals surface area contributed by atoms with E-state index in [-0.39, 0.29) is 12.6 Å². The topological polar surface area (TPSA) is 115 Å². The van der Waals surface area contributed by atoms with E-state index in [1.165, 1.54) is 10.9 Å². The second-order valence-electron chi connectivity index (χ2n) is 13.1. The van der Waals surface area contributed by atoms with Gasteiger partial charge in [-0.1, -0.05) is 84.0 Å². The van der Waals surface area contributed by atoms with Gasteiger partial charge in [0.1, 0.15) is 12.4 Å². The van der Waals surface area contributed by atoms with Crippen LogP contribution in [0.3, 0.4) is 0 Å². The fourth-order valence-corrected chi connectivity index (χ4v) is 12.1. The molecule has 0 spiro atoms. The van der Waals surface area contributed by atoms with Crippen LogP contribution in [-0.2, 0) is 22.3 Å². The number of fused-ring (bicyclic) bond motifs is 1. The van der Waals surface area contributed by atoms with Crippen molar-refractivity contribution >= 4 is 25.5 Å². The monoisotopic (exact) mass is 684 g/mol.